The Hall–Kier alpha value is 0.0300. The van der Waals surface area contributed by atoms with Gasteiger partial charge in [0, 0.05) is 0 Å². The molecule has 2 fully saturated rings. The second kappa shape index (κ2) is 5.58. The van der Waals surface area contributed by atoms with E-state index < -0.39 is 7.82 Å². The van der Waals surface area contributed by atoms with Crippen molar-refractivity contribution in [2.75, 3.05) is 33.0 Å². The molecule has 0 aliphatic carbocycles. The minimum absolute atomic E-state index is 0.0410. The molecule has 2 aliphatic heterocycles. The predicted octanol–water partition coefficient (Wildman–Crippen LogP) is 1.35. The Balaban J connectivity index is 1.73. The topological polar surface area (TPSA) is 69.8 Å². The molecule has 2 atom stereocenters. The Morgan fingerprint density at radius 1 is 1.12 bits per heavy atom. The largest absolute Gasteiger partial charge is 0.474 e. The Bertz CT molecular complexity index is 243. The molecule has 2 unspecified atom stereocenters. The van der Waals surface area contributed by atoms with Gasteiger partial charge in [-0.05, 0) is 6.42 Å². The highest BCUT2D eigenvalue weighted by Gasteiger charge is 2.34. The summed E-state index contributed by atoms with van der Waals surface area (Å²) in [7, 11) is -3.42. The van der Waals surface area contributed by atoms with Crippen LogP contribution in [0.25, 0.3) is 0 Å². The standard InChI is InChI=1S/C9H17O6P/c1-2-3-13-16(10,14-6-8-4-11-8)15-7-9-5-12-9/h8-9H,2-7H2,1H3. The van der Waals surface area contributed by atoms with Crippen LogP contribution in [0.4, 0.5) is 0 Å². The van der Waals surface area contributed by atoms with Crippen LogP contribution < -0.4 is 0 Å². The van der Waals surface area contributed by atoms with E-state index in [1.807, 2.05) is 6.92 Å². The SMILES string of the molecule is CCCOP(=O)(OCC1CO1)OCC1CO1. The summed E-state index contributed by atoms with van der Waals surface area (Å²) >= 11 is 0. The molecule has 2 aliphatic rings. The van der Waals surface area contributed by atoms with Gasteiger partial charge in [-0.15, -0.1) is 0 Å². The average molecular weight is 252 g/mol. The normalized spacial score (nSPS) is 31.1. The smallest absolute Gasteiger partial charge is 0.371 e. The van der Waals surface area contributed by atoms with Crippen molar-refractivity contribution in [1.29, 1.82) is 0 Å². The van der Waals surface area contributed by atoms with Crippen molar-refractivity contribution in [2.45, 2.75) is 25.6 Å². The van der Waals surface area contributed by atoms with E-state index in [0.29, 0.717) is 19.8 Å². The van der Waals surface area contributed by atoms with Gasteiger partial charge in [0.25, 0.3) is 0 Å². The number of ether oxygens (including phenoxy) is 2. The summed E-state index contributed by atoms with van der Waals surface area (Å²) in [5.74, 6) is 0. The predicted molar refractivity (Wildman–Crippen MR) is 55.2 cm³/mol. The summed E-state index contributed by atoms with van der Waals surface area (Å²) in [4.78, 5) is 0. The number of hydrogen-bond acceptors (Lipinski definition) is 6. The zero-order valence-electron chi connectivity index (χ0n) is 9.29. The lowest BCUT2D eigenvalue weighted by atomic mass is 10.5. The number of phosphoric ester groups is 1. The molecule has 0 amide bonds. The lowest BCUT2D eigenvalue weighted by Crippen LogP contribution is -2.08. The molecule has 16 heavy (non-hydrogen) atoms. The average Bonchev–Trinajstić information content (AvgIpc) is 3.16. The second-order valence-electron chi connectivity index (χ2n) is 3.78. The van der Waals surface area contributed by atoms with E-state index >= 15 is 0 Å². The molecule has 0 radical (unpaired) electrons. The molecule has 0 bridgehead atoms. The first-order valence-corrected chi connectivity index (χ1v) is 6.95. The van der Waals surface area contributed by atoms with E-state index in [-0.39, 0.29) is 25.4 Å². The van der Waals surface area contributed by atoms with E-state index in [1.165, 1.54) is 0 Å². The first-order chi connectivity index (χ1) is 7.72. The van der Waals surface area contributed by atoms with Crippen LogP contribution >= 0.6 is 7.82 Å². The maximum atomic E-state index is 12.1. The molecule has 0 aromatic rings. The minimum atomic E-state index is -3.42. The van der Waals surface area contributed by atoms with E-state index in [2.05, 4.69) is 0 Å². The van der Waals surface area contributed by atoms with Crippen LogP contribution in [-0.2, 0) is 27.6 Å². The second-order valence-corrected chi connectivity index (χ2v) is 5.45. The first kappa shape index (κ1) is 12.5. The summed E-state index contributed by atoms with van der Waals surface area (Å²) < 4.78 is 37.5. The van der Waals surface area contributed by atoms with Crippen molar-refractivity contribution in [3.63, 3.8) is 0 Å². The molecule has 94 valence electrons. The van der Waals surface area contributed by atoms with Crippen molar-refractivity contribution in [1.82, 2.24) is 0 Å². The van der Waals surface area contributed by atoms with Gasteiger partial charge in [0.2, 0.25) is 0 Å². The van der Waals surface area contributed by atoms with Crippen LogP contribution in [0.5, 0.6) is 0 Å². The molecule has 0 aromatic heterocycles. The highest BCUT2D eigenvalue weighted by atomic mass is 31.2. The lowest BCUT2D eigenvalue weighted by Gasteiger charge is -2.16. The Morgan fingerprint density at radius 2 is 1.62 bits per heavy atom. The van der Waals surface area contributed by atoms with Crippen LogP contribution in [0.1, 0.15) is 13.3 Å². The van der Waals surface area contributed by atoms with Crippen molar-refractivity contribution in [2.24, 2.45) is 0 Å². The lowest BCUT2D eigenvalue weighted by molar-refractivity contribution is 0.101. The van der Waals surface area contributed by atoms with Gasteiger partial charge in [-0.1, -0.05) is 6.92 Å². The number of rotatable bonds is 9. The molecule has 2 heterocycles. The maximum Gasteiger partial charge on any atom is 0.474 e. The van der Waals surface area contributed by atoms with Gasteiger partial charge in [-0.25, -0.2) is 4.57 Å². The molecule has 0 N–H and O–H groups in total. The van der Waals surface area contributed by atoms with E-state index in [9.17, 15) is 4.57 Å². The molecule has 0 spiro atoms. The quantitative estimate of drug-likeness (QED) is 0.455. The molecule has 2 rings (SSSR count). The van der Waals surface area contributed by atoms with Crippen molar-refractivity contribution in [3.05, 3.63) is 0 Å². The zero-order valence-corrected chi connectivity index (χ0v) is 10.2. The number of epoxide rings is 2. The van der Waals surface area contributed by atoms with E-state index in [1.54, 1.807) is 0 Å². The van der Waals surface area contributed by atoms with Gasteiger partial charge < -0.3 is 9.47 Å². The van der Waals surface area contributed by atoms with Crippen molar-refractivity contribution >= 4 is 7.82 Å². The number of hydrogen-bond donors (Lipinski definition) is 0. The Morgan fingerprint density at radius 3 is 2.00 bits per heavy atom. The van der Waals surface area contributed by atoms with Crippen LogP contribution in [0.2, 0.25) is 0 Å². The maximum absolute atomic E-state index is 12.1. The van der Waals surface area contributed by atoms with Gasteiger partial charge in [0.05, 0.1) is 33.0 Å². The molecule has 2 saturated heterocycles. The van der Waals surface area contributed by atoms with E-state index in [4.69, 9.17) is 23.0 Å². The van der Waals surface area contributed by atoms with Crippen LogP contribution in [0.3, 0.4) is 0 Å². The van der Waals surface area contributed by atoms with Gasteiger partial charge in [0.15, 0.2) is 0 Å². The summed E-state index contributed by atoms with van der Waals surface area (Å²) in [5.41, 5.74) is 0. The van der Waals surface area contributed by atoms with Crippen molar-refractivity contribution in [3.8, 4) is 0 Å². The van der Waals surface area contributed by atoms with E-state index in [0.717, 1.165) is 6.42 Å². The Labute approximate surface area is 94.8 Å². The van der Waals surface area contributed by atoms with Crippen LogP contribution in [0, 0.1) is 0 Å². The first-order valence-electron chi connectivity index (χ1n) is 5.49. The Kier molecular flexibility index (Phi) is 4.35. The molecule has 6 nitrogen and oxygen atoms in total. The molecular weight excluding hydrogens is 235 g/mol. The highest BCUT2D eigenvalue weighted by Crippen LogP contribution is 2.50. The van der Waals surface area contributed by atoms with Gasteiger partial charge >= 0.3 is 7.82 Å². The fourth-order valence-electron chi connectivity index (χ4n) is 0.992. The van der Waals surface area contributed by atoms with Crippen LogP contribution in [0.15, 0.2) is 0 Å². The zero-order chi connectivity index (χ0) is 11.4. The van der Waals surface area contributed by atoms with Gasteiger partial charge in [0.1, 0.15) is 12.2 Å². The monoisotopic (exact) mass is 252 g/mol. The molecular formula is C9H17O6P. The van der Waals surface area contributed by atoms with Gasteiger partial charge in [-0.2, -0.15) is 0 Å². The van der Waals surface area contributed by atoms with Gasteiger partial charge in [-0.3, -0.25) is 13.6 Å². The third-order valence-corrected chi connectivity index (χ3v) is 3.52. The summed E-state index contributed by atoms with van der Waals surface area (Å²) in [6, 6.07) is 0. The molecule has 0 aromatic carbocycles. The number of phosphoric acid groups is 1. The summed E-state index contributed by atoms with van der Waals surface area (Å²) in [5, 5.41) is 0. The molecule has 7 heteroatoms. The third-order valence-electron chi connectivity index (χ3n) is 2.10. The molecule has 0 saturated carbocycles. The third kappa shape index (κ3) is 4.49. The summed E-state index contributed by atoms with van der Waals surface area (Å²) in [6.45, 7) is 4.10. The fourth-order valence-corrected chi connectivity index (χ4v) is 2.32. The van der Waals surface area contributed by atoms with Crippen molar-refractivity contribution < 1.29 is 27.6 Å². The van der Waals surface area contributed by atoms with Crippen LogP contribution in [-0.4, -0.2) is 45.2 Å². The highest BCUT2D eigenvalue weighted by molar-refractivity contribution is 7.48. The minimum Gasteiger partial charge on any atom is -0.371 e. The fraction of sp³-hybridized carbons (Fsp3) is 1.00. The summed E-state index contributed by atoms with van der Waals surface area (Å²) in [6.07, 6.45) is 0.843.